The topological polar surface area (TPSA) is 64.1 Å². The molecule has 2 fully saturated rings. The second kappa shape index (κ2) is 11.4. The fourth-order valence-electron chi connectivity index (χ4n) is 6.21. The zero-order valence-corrected chi connectivity index (χ0v) is 23.5. The summed E-state index contributed by atoms with van der Waals surface area (Å²) < 4.78 is 54.5. The number of aliphatic hydroxyl groups excluding tert-OH is 1. The SMILES string of the molecule is Cc1cc(C(C)N(C)C(=O)N2CC[C@@H]3CN(C(=O)C[C@@H](C)O)CC3C2c2ccc(F)cc2C)cc(C(F)(F)F)c1. The number of carbonyl (C=O) groups excluding carboxylic acids is 2. The third-order valence-electron chi connectivity index (χ3n) is 8.38. The van der Waals surface area contributed by atoms with Crippen molar-refractivity contribution in [2.24, 2.45) is 11.8 Å². The van der Waals surface area contributed by atoms with Crippen LogP contribution in [0.1, 0.15) is 66.6 Å². The third-order valence-corrected chi connectivity index (χ3v) is 8.38. The van der Waals surface area contributed by atoms with Gasteiger partial charge in [0.15, 0.2) is 0 Å². The average molecular weight is 564 g/mol. The highest BCUT2D eigenvalue weighted by molar-refractivity contribution is 5.78. The van der Waals surface area contributed by atoms with Crippen LogP contribution < -0.4 is 0 Å². The number of fused-ring (bicyclic) bond motifs is 1. The second-order valence-electron chi connectivity index (χ2n) is 11.4. The lowest BCUT2D eigenvalue weighted by Crippen LogP contribution is -2.51. The summed E-state index contributed by atoms with van der Waals surface area (Å²) in [6.07, 6.45) is -4.61. The Morgan fingerprint density at radius 3 is 2.42 bits per heavy atom. The van der Waals surface area contributed by atoms with Crippen molar-refractivity contribution in [3.8, 4) is 0 Å². The number of aryl methyl sites for hydroxylation is 2. The van der Waals surface area contributed by atoms with Gasteiger partial charge in [-0.1, -0.05) is 17.7 Å². The minimum absolute atomic E-state index is 0.0129. The van der Waals surface area contributed by atoms with E-state index in [1.165, 1.54) is 17.0 Å². The molecule has 2 aromatic carbocycles. The molecule has 0 saturated carbocycles. The van der Waals surface area contributed by atoms with Gasteiger partial charge in [0.2, 0.25) is 5.91 Å². The molecule has 3 unspecified atom stereocenters. The molecule has 3 amide bonds. The van der Waals surface area contributed by atoms with Gasteiger partial charge in [-0.2, -0.15) is 13.2 Å². The van der Waals surface area contributed by atoms with E-state index in [1.54, 1.807) is 56.7 Å². The number of rotatable bonds is 5. The van der Waals surface area contributed by atoms with E-state index in [4.69, 9.17) is 0 Å². The largest absolute Gasteiger partial charge is 0.416 e. The second-order valence-corrected chi connectivity index (χ2v) is 11.4. The van der Waals surface area contributed by atoms with Crippen LogP contribution in [-0.4, -0.2) is 64.5 Å². The van der Waals surface area contributed by atoms with Crippen molar-refractivity contribution < 1.29 is 32.3 Å². The molecule has 2 heterocycles. The molecule has 1 N–H and O–H groups in total. The van der Waals surface area contributed by atoms with E-state index in [2.05, 4.69) is 0 Å². The Balaban J connectivity index is 1.66. The van der Waals surface area contributed by atoms with Gasteiger partial charge in [0, 0.05) is 32.6 Å². The maximum atomic E-state index is 14.1. The summed E-state index contributed by atoms with van der Waals surface area (Å²) in [7, 11) is 1.58. The van der Waals surface area contributed by atoms with Crippen molar-refractivity contribution in [2.45, 2.75) is 64.9 Å². The fourth-order valence-corrected chi connectivity index (χ4v) is 6.21. The minimum Gasteiger partial charge on any atom is -0.393 e. The van der Waals surface area contributed by atoms with Crippen LogP contribution in [0.15, 0.2) is 36.4 Å². The van der Waals surface area contributed by atoms with Gasteiger partial charge >= 0.3 is 12.2 Å². The van der Waals surface area contributed by atoms with E-state index in [0.29, 0.717) is 42.7 Å². The van der Waals surface area contributed by atoms with Gasteiger partial charge in [-0.05, 0) is 81.0 Å². The number of benzene rings is 2. The van der Waals surface area contributed by atoms with E-state index >= 15 is 0 Å². The molecule has 10 heteroatoms. The van der Waals surface area contributed by atoms with Crippen molar-refractivity contribution in [1.29, 1.82) is 0 Å². The van der Waals surface area contributed by atoms with Crippen molar-refractivity contribution in [3.63, 3.8) is 0 Å². The lowest BCUT2D eigenvalue weighted by molar-refractivity contribution is -0.137. The summed E-state index contributed by atoms with van der Waals surface area (Å²) in [5, 5.41) is 9.73. The first kappa shape index (κ1) is 29.8. The number of nitrogens with zero attached hydrogens (tertiary/aromatic N) is 3. The number of urea groups is 1. The molecule has 4 rings (SSSR count). The van der Waals surface area contributed by atoms with Crippen LogP contribution in [0.4, 0.5) is 22.4 Å². The first-order valence-electron chi connectivity index (χ1n) is 13.6. The maximum Gasteiger partial charge on any atom is 0.416 e. The number of amides is 3. The molecule has 0 spiro atoms. The zero-order chi connectivity index (χ0) is 29.5. The Bertz CT molecular complexity index is 1270. The van der Waals surface area contributed by atoms with Crippen molar-refractivity contribution >= 4 is 11.9 Å². The molecule has 2 saturated heterocycles. The minimum atomic E-state index is -4.50. The average Bonchev–Trinajstić information content (AvgIpc) is 3.31. The van der Waals surface area contributed by atoms with Crippen LogP contribution >= 0.6 is 0 Å². The number of likely N-dealkylation sites (tertiary alicyclic amines) is 2. The quantitative estimate of drug-likeness (QED) is 0.463. The van der Waals surface area contributed by atoms with Gasteiger partial charge in [-0.25, -0.2) is 9.18 Å². The summed E-state index contributed by atoms with van der Waals surface area (Å²) in [5.41, 5.74) is 1.53. The van der Waals surface area contributed by atoms with Crippen LogP contribution in [0, 0.1) is 31.5 Å². The molecule has 0 radical (unpaired) electrons. The molecule has 5 atom stereocenters. The van der Waals surface area contributed by atoms with Crippen molar-refractivity contribution in [1.82, 2.24) is 14.7 Å². The third kappa shape index (κ3) is 6.11. The summed E-state index contributed by atoms with van der Waals surface area (Å²) in [6, 6.07) is 6.84. The van der Waals surface area contributed by atoms with E-state index in [1.807, 2.05) is 0 Å². The Kier molecular flexibility index (Phi) is 8.49. The predicted octanol–water partition coefficient (Wildman–Crippen LogP) is 5.87. The molecule has 0 aromatic heterocycles. The Hall–Kier alpha value is -3.14. The molecule has 2 aromatic rings. The summed E-state index contributed by atoms with van der Waals surface area (Å²) in [5.74, 6) is -0.538. The number of alkyl halides is 3. The number of carbonyl (C=O) groups is 2. The first-order chi connectivity index (χ1) is 18.7. The number of halogens is 4. The molecular formula is C30H37F4N3O3. The van der Waals surface area contributed by atoms with Gasteiger partial charge in [0.1, 0.15) is 5.82 Å². The fraction of sp³-hybridized carbons (Fsp3) is 0.533. The molecule has 0 bridgehead atoms. The van der Waals surface area contributed by atoms with Crippen LogP contribution in [0.3, 0.4) is 0 Å². The summed E-state index contributed by atoms with van der Waals surface area (Å²) >= 11 is 0. The smallest absolute Gasteiger partial charge is 0.393 e. The highest BCUT2D eigenvalue weighted by Crippen LogP contribution is 2.45. The highest BCUT2D eigenvalue weighted by atomic mass is 19.4. The Morgan fingerprint density at radius 1 is 1.10 bits per heavy atom. The molecule has 0 aliphatic carbocycles. The zero-order valence-electron chi connectivity index (χ0n) is 23.5. The van der Waals surface area contributed by atoms with Gasteiger partial charge in [0.25, 0.3) is 0 Å². The number of hydrogen-bond donors (Lipinski definition) is 1. The molecule has 2 aliphatic heterocycles. The Morgan fingerprint density at radius 2 is 1.80 bits per heavy atom. The summed E-state index contributed by atoms with van der Waals surface area (Å²) in [6.45, 7) is 7.94. The maximum absolute atomic E-state index is 14.1. The lowest BCUT2D eigenvalue weighted by atomic mass is 9.78. The number of aliphatic hydroxyl groups is 1. The molecule has 2 aliphatic rings. The van der Waals surface area contributed by atoms with Crippen LogP contribution in [-0.2, 0) is 11.0 Å². The highest BCUT2D eigenvalue weighted by Gasteiger charge is 2.48. The molecule has 40 heavy (non-hydrogen) atoms. The normalized spacial score (nSPS) is 22.6. The number of piperidine rings is 1. The molecular weight excluding hydrogens is 526 g/mol. The van der Waals surface area contributed by atoms with E-state index in [0.717, 1.165) is 17.7 Å². The molecule has 218 valence electrons. The van der Waals surface area contributed by atoms with Gasteiger partial charge in [0.05, 0.1) is 30.2 Å². The van der Waals surface area contributed by atoms with Crippen molar-refractivity contribution in [3.05, 3.63) is 70.0 Å². The van der Waals surface area contributed by atoms with Crippen LogP contribution in [0.2, 0.25) is 0 Å². The first-order valence-corrected chi connectivity index (χ1v) is 13.6. The monoisotopic (exact) mass is 563 g/mol. The van der Waals surface area contributed by atoms with E-state index in [-0.39, 0.29) is 30.2 Å². The number of hydrogen-bond acceptors (Lipinski definition) is 3. The lowest BCUT2D eigenvalue weighted by Gasteiger charge is -2.45. The molecule has 6 nitrogen and oxygen atoms in total. The van der Waals surface area contributed by atoms with Gasteiger partial charge in [-0.15, -0.1) is 0 Å². The Labute approximate surface area is 232 Å². The van der Waals surface area contributed by atoms with E-state index in [9.17, 15) is 32.3 Å². The van der Waals surface area contributed by atoms with Gasteiger partial charge in [-0.3, -0.25) is 4.79 Å². The standard InChI is InChI=1S/C30H37F4N3O3/c1-17-10-22(14-23(11-17)30(32,33)34)20(4)35(5)29(40)37-9-8-21-15-36(27(39)13-19(3)38)16-26(21)28(37)25-7-6-24(31)12-18(25)2/h6-7,10-12,14,19-21,26,28,38H,8-9,13,15-16H2,1-5H3/t19-,20?,21-,26?,28?/m1/s1. The van der Waals surface area contributed by atoms with Gasteiger partial charge < -0.3 is 19.8 Å². The van der Waals surface area contributed by atoms with E-state index < -0.39 is 35.7 Å². The predicted molar refractivity (Wildman–Crippen MR) is 143 cm³/mol. The van der Waals surface area contributed by atoms with Crippen molar-refractivity contribution in [2.75, 3.05) is 26.7 Å². The summed E-state index contributed by atoms with van der Waals surface area (Å²) in [4.78, 5) is 31.7. The van der Waals surface area contributed by atoms with Crippen LogP contribution in [0.25, 0.3) is 0 Å². The van der Waals surface area contributed by atoms with Crippen LogP contribution in [0.5, 0.6) is 0 Å².